The third-order valence-electron chi connectivity index (χ3n) is 6.69. The minimum atomic E-state index is -0.584. The Morgan fingerprint density at radius 2 is 1.65 bits per heavy atom. The van der Waals surface area contributed by atoms with Crippen molar-refractivity contribution in [2.24, 2.45) is 0 Å². The molecule has 0 aliphatic heterocycles. The Balaban J connectivity index is 1.25. The predicted octanol–water partition coefficient (Wildman–Crippen LogP) is 7.87. The summed E-state index contributed by atoms with van der Waals surface area (Å²) in [5.74, 6) is -1.69. The van der Waals surface area contributed by atoms with Gasteiger partial charge in [-0.2, -0.15) is 5.26 Å². The van der Waals surface area contributed by atoms with E-state index in [1.807, 2.05) is 36.6 Å². The van der Waals surface area contributed by atoms with Crippen molar-refractivity contribution >= 4 is 57.6 Å². The molecule has 0 atom stereocenters. The maximum atomic E-state index is 13.5. The molecule has 0 fully saturated rings. The van der Waals surface area contributed by atoms with Crippen LogP contribution < -0.4 is 16.0 Å². The summed E-state index contributed by atoms with van der Waals surface area (Å²) in [4.78, 5) is 39.8. The fourth-order valence-corrected chi connectivity index (χ4v) is 6.04. The molecule has 3 amide bonds. The van der Waals surface area contributed by atoms with Crippen LogP contribution in [-0.2, 0) is 9.59 Å². The van der Waals surface area contributed by atoms with Gasteiger partial charge in [0.15, 0.2) is 0 Å². The van der Waals surface area contributed by atoms with Crippen LogP contribution in [0, 0.1) is 24.1 Å². The summed E-state index contributed by atoms with van der Waals surface area (Å²) in [5.41, 5.74) is 4.51. The highest BCUT2D eigenvalue weighted by Crippen LogP contribution is 2.35. The van der Waals surface area contributed by atoms with Gasteiger partial charge in [0.1, 0.15) is 22.6 Å². The molecule has 0 unspecified atom stereocenters. The van der Waals surface area contributed by atoms with E-state index in [-0.39, 0.29) is 17.4 Å². The first-order valence-electron chi connectivity index (χ1n) is 14.1. The van der Waals surface area contributed by atoms with Crippen LogP contribution in [0.2, 0.25) is 0 Å². The zero-order valence-electron chi connectivity index (χ0n) is 24.5. The van der Waals surface area contributed by atoms with Crippen LogP contribution in [0.3, 0.4) is 0 Å². The zero-order valence-corrected chi connectivity index (χ0v) is 26.2. The molecule has 0 aliphatic rings. The third-order valence-corrected chi connectivity index (χ3v) is 8.58. The predicted molar refractivity (Wildman–Crippen MR) is 182 cm³/mol. The summed E-state index contributed by atoms with van der Waals surface area (Å²) in [7, 11) is 0. The summed E-state index contributed by atoms with van der Waals surface area (Å²) in [6.45, 7) is 1.99. The highest BCUT2D eigenvalue weighted by atomic mass is 32.2. The van der Waals surface area contributed by atoms with Crippen LogP contribution in [0.15, 0.2) is 119 Å². The Hall–Kier alpha value is -5.50. The van der Waals surface area contributed by atoms with Crippen molar-refractivity contribution in [2.75, 3.05) is 16.4 Å². The molecule has 5 aromatic rings. The molecule has 7 nitrogen and oxygen atoms in total. The van der Waals surface area contributed by atoms with E-state index in [4.69, 9.17) is 0 Å². The molecule has 0 saturated heterocycles. The van der Waals surface area contributed by atoms with Gasteiger partial charge in [0.25, 0.3) is 11.8 Å². The van der Waals surface area contributed by atoms with Gasteiger partial charge in [0.05, 0.1) is 11.3 Å². The summed E-state index contributed by atoms with van der Waals surface area (Å²) < 4.78 is 13.5. The molecule has 0 aliphatic carbocycles. The van der Waals surface area contributed by atoms with E-state index in [1.54, 1.807) is 54.6 Å². The minimum absolute atomic E-state index is 0.0350. The normalized spacial score (nSPS) is 10.9. The molecule has 228 valence electrons. The number of amides is 3. The molecular weight excluding hydrogens is 620 g/mol. The van der Waals surface area contributed by atoms with Crippen LogP contribution in [-0.4, -0.2) is 23.5 Å². The number of thiophene rings is 1. The first kappa shape index (κ1) is 31.9. The first-order chi connectivity index (χ1) is 22.3. The molecule has 1 aromatic heterocycles. The van der Waals surface area contributed by atoms with Crippen LogP contribution >= 0.6 is 23.1 Å². The number of hydrogen-bond donors (Lipinski definition) is 3. The number of nitrogens with zero attached hydrogens (tertiary/aromatic N) is 1. The summed E-state index contributed by atoms with van der Waals surface area (Å²) in [5, 5.41) is 20.4. The Morgan fingerprint density at radius 1 is 0.913 bits per heavy atom. The van der Waals surface area contributed by atoms with Crippen molar-refractivity contribution in [1.29, 1.82) is 5.26 Å². The van der Waals surface area contributed by atoms with E-state index in [0.29, 0.717) is 27.4 Å². The van der Waals surface area contributed by atoms with Crippen molar-refractivity contribution < 1.29 is 18.8 Å². The maximum absolute atomic E-state index is 13.5. The van der Waals surface area contributed by atoms with Gasteiger partial charge < -0.3 is 16.0 Å². The number of thioether (sulfide) groups is 1. The number of rotatable bonds is 10. The molecule has 0 spiro atoms. The quantitative estimate of drug-likeness (QED) is 0.106. The monoisotopic (exact) mass is 646 g/mol. The van der Waals surface area contributed by atoms with Gasteiger partial charge in [-0.15, -0.1) is 23.1 Å². The van der Waals surface area contributed by atoms with E-state index in [2.05, 4.69) is 22.0 Å². The molecule has 0 radical (unpaired) electrons. The smallest absolute Gasteiger partial charge is 0.272 e. The second-order valence-electron chi connectivity index (χ2n) is 10.1. The summed E-state index contributed by atoms with van der Waals surface area (Å²) >= 11 is 2.57. The lowest BCUT2D eigenvalue weighted by molar-refractivity contribution is -0.114. The van der Waals surface area contributed by atoms with E-state index in [0.717, 1.165) is 21.6 Å². The summed E-state index contributed by atoms with van der Waals surface area (Å²) in [6, 6.07) is 31.0. The lowest BCUT2D eigenvalue weighted by atomic mass is 10.0. The molecule has 0 saturated carbocycles. The molecule has 46 heavy (non-hydrogen) atoms. The van der Waals surface area contributed by atoms with Gasteiger partial charge in [-0.25, -0.2) is 4.39 Å². The maximum Gasteiger partial charge on any atom is 0.272 e. The third kappa shape index (κ3) is 8.35. The van der Waals surface area contributed by atoms with Crippen molar-refractivity contribution in [1.82, 2.24) is 5.32 Å². The number of aryl methyl sites for hydroxylation is 1. The second kappa shape index (κ2) is 15.0. The van der Waals surface area contributed by atoms with E-state index in [1.165, 1.54) is 53.4 Å². The second-order valence-corrected chi connectivity index (χ2v) is 12.0. The van der Waals surface area contributed by atoms with Crippen LogP contribution in [0.25, 0.3) is 17.2 Å². The minimum Gasteiger partial charge on any atom is -0.321 e. The van der Waals surface area contributed by atoms with Gasteiger partial charge in [-0.1, -0.05) is 66.2 Å². The van der Waals surface area contributed by atoms with Gasteiger partial charge >= 0.3 is 0 Å². The number of carbonyl (C=O) groups excluding carboxylic acids is 3. The van der Waals surface area contributed by atoms with Crippen LogP contribution in [0.5, 0.6) is 0 Å². The Kier molecular flexibility index (Phi) is 10.4. The van der Waals surface area contributed by atoms with Crippen molar-refractivity contribution in [3.63, 3.8) is 0 Å². The van der Waals surface area contributed by atoms with Crippen molar-refractivity contribution in [3.8, 4) is 17.2 Å². The zero-order chi connectivity index (χ0) is 32.5. The average molecular weight is 647 g/mol. The Labute approximate surface area is 273 Å². The van der Waals surface area contributed by atoms with Crippen LogP contribution in [0.1, 0.15) is 27.0 Å². The van der Waals surface area contributed by atoms with Crippen molar-refractivity contribution in [3.05, 3.63) is 142 Å². The average Bonchev–Trinajstić information content (AvgIpc) is 3.47. The Morgan fingerprint density at radius 3 is 2.37 bits per heavy atom. The number of nitriles is 1. The molecule has 5 rings (SSSR count). The number of hydrogen-bond acceptors (Lipinski definition) is 6. The fourth-order valence-electron chi connectivity index (χ4n) is 4.35. The van der Waals surface area contributed by atoms with E-state index in [9.17, 15) is 24.0 Å². The molecular formula is C36H27FN4O3S2. The number of benzene rings is 4. The number of halogens is 1. The SMILES string of the molecule is Cc1ccc(-c2csc(NC(=O)CSc3cccc(NC(=O)/C(=C\c4ccc(F)cc4)NC(=O)c4ccccc4)c3)c2C#N)cc1. The van der Waals surface area contributed by atoms with Crippen LogP contribution in [0.4, 0.5) is 15.1 Å². The Bertz CT molecular complexity index is 1950. The molecule has 3 N–H and O–H groups in total. The number of anilines is 2. The first-order valence-corrected chi connectivity index (χ1v) is 15.9. The summed E-state index contributed by atoms with van der Waals surface area (Å²) in [6.07, 6.45) is 1.46. The standard InChI is InChI=1S/C36H27FN4O3S2/c1-23-10-14-25(15-11-23)31-21-46-36(30(31)20-38)41-33(42)22-45-29-9-5-8-28(19-29)39-35(44)32(18-24-12-16-27(37)17-13-24)40-34(43)26-6-3-2-4-7-26/h2-19,21H,22H2,1H3,(H,39,44)(H,40,43)(H,41,42)/b32-18+. The molecule has 10 heteroatoms. The largest absolute Gasteiger partial charge is 0.321 e. The highest BCUT2D eigenvalue weighted by molar-refractivity contribution is 8.00. The lowest BCUT2D eigenvalue weighted by Crippen LogP contribution is -2.30. The topological polar surface area (TPSA) is 111 Å². The van der Waals surface area contributed by atoms with Gasteiger partial charge in [0, 0.05) is 27.1 Å². The van der Waals surface area contributed by atoms with E-state index < -0.39 is 17.6 Å². The molecule has 1 heterocycles. The number of nitrogens with one attached hydrogen (secondary N) is 3. The van der Waals surface area contributed by atoms with Gasteiger partial charge in [-0.3, -0.25) is 14.4 Å². The van der Waals surface area contributed by atoms with Gasteiger partial charge in [-0.05, 0) is 66.6 Å². The van der Waals surface area contributed by atoms with Gasteiger partial charge in [0.2, 0.25) is 5.91 Å². The van der Waals surface area contributed by atoms with E-state index >= 15 is 0 Å². The molecule has 0 bridgehead atoms. The molecule has 4 aromatic carbocycles. The van der Waals surface area contributed by atoms with Crippen molar-refractivity contribution in [2.45, 2.75) is 11.8 Å². The lowest BCUT2D eigenvalue weighted by Gasteiger charge is -2.12. The fraction of sp³-hybridized carbons (Fsp3) is 0.0556. The highest BCUT2D eigenvalue weighted by Gasteiger charge is 2.17. The number of carbonyl (C=O) groups is 3.